The van der Waals surface area contributed by atoms with E-state index in [4.69, 9.17) is 0 Å². The van der Waals surface area contributed by atoms with Crippen molar-refractivity contribution in [2.24, 2.45) is 7.05 Å². The fourth-order valence-corrected chi connectivity index (χ4v) is 2.75. The highest BCUT2D eigenvalue weighted by molar-refractivity contribution is 5.85. The summed E-state index contributed by atoms with van der Waals surface area (Å²) in [6, 6.07) is 0. The minimum absolute atomic E-state index is 0.0380. The smallest absolute Gasteiger partial charge is 0.352 e. The molecule has 1 aliphatic carbocycles. The van der Waals surface area contributed by atoms with E-state index in [1.165, 1.54) is 7.05 Å². The molecule has 0 spiro atoms. The molecule has 0 bridgehead atoms. The molecule has 1 aromatic heterocycles. The van der Waals surface area contributed by atoms with Crippen molar-refractivity contribution in [3.05, 3.63) is 17.5 Å². The van der Waals surface area contributed by atoms with Crippen LogP contribution in [0.1, 0.15) is 50.3 Å². The molecule has 7 heteroatoms. The number of aromatic nitrogens is 2. The molecule has 124 valence electrons. The van der Waals surface area contributed by atoms with Gasteiger partial charge >= 0.3 is 5.92 Å². The molecule has 1 saturated carbocycles. The van der Waals surface area contributed by atoms with Gasteiger partial charge in [0, 0.05) is 32.4 Å². The van der Waals surface area contributed by atoms with Crippen molar-refractivity contribution in [3.8, 4) is 0 Å². The molecule has 22 heavy (non-hydrogen) atoms. The van der Waals surface area contributed by atoms with E-state index in [-0.39, 0.29) is 25.3 Å². The summed E-state index contributed by atoms with van der Waals surface area (Å²) in [4.78, 5) is 13.1. The van der Waals surface area contributed by atoms with Crippen LogP contribution in [0.3, 0.4) is 0 Å². The maximum absolute atomic E-state index is 14.2. The van der Waals surface area contributed by atoms with E-state index in [1.807, 2.05) is 13.8 Å². The molecular weight excluding hydrogens is 292 g/mol. The van der Waals surface area contributed by atoms with Crippen molar-refractivity contribution in [3.63, 3.8) is 0 Å². The first kappa shape index (κ1) is 16.9. The zero-order chi connectivity index (χ0) is 16.7. The third kappa shape index (κ3) is 2.74. The Balaban J connectivity index is 2.15. The summed E-state index contributed by atoms with van der Waals surface area (Å²) in [7, 11) is 3.08. The molecule has 0 radical (unpaired) electrons. The monoisotopic (exact) mass is 315 g/mol. The summed E-state index contributed by atoms with van der Waals surface area (Å²) in [5.74, 6) is -4.95. The van der Waals surface area contributed by atoms with Crippen LogP contribution in [-0.4, -0.2) is 44.3 Å². The molecule has 0 atom stereocenters. The summed E-state index contributed by atoms with van der Waals surface area (Å²) in [5.41, 5.74) is -0.661. The van der Waals surface area contributed by atoms with E-state index in [1.54, 1.807) is 17.9 Å². The lowest BCUT2D eigenvalue weighted by Gasteiger charge is -2.42. The van der Waals surface area contributed by atoms with E-state index < -0.39 is 17.4 Å². The number of nitrogens with zero attached hydrogens (tertiary/aromatic N) is 3. The van der Waals surface area contributed by atoms with Crippen molar-refractivity contribution < 1.29 is 18.7 Å². The number of hydrogen-bond donors (Lipinski definition) is 1. The molecular formula is C15H23F2N3O2. The lowest BCUT2D eigenvalue weighted by Crippen LogP contribution is -2.60. The average molecular weight is 315 g/mol. The van der Waals surface area contributed by atoms with Gasteiger partial charge in [0.25, 0.3) is 5.91 Å². The zero-order valence-corrected chi connectivity index (χ0v) is 13.4. The van der Waals surface area contributed by atoms with Crippen LogP contribution in [0.5, 0.6) is 0 Å². The van der Waals surface area contributed by atoms with Gasteiger partial charge < -0.3 is 10.0 Å². The maximum atomic E-state index is 14.2. The Labute approximate surface area is 128 Å². The van der Waals surface area contributed by atoms with E-state index in [0.29, 0.717) is 6.42 Å². The van der Waals surface area contributed by atoms with E-state index in [2.05, 4.69) is 5.10 Å². The number of carbonyl (C=O) groups is 1. The Bertz CT molecular complexity index is 565. The standard InChI is InChI=1S/C15H23F2N3O2/c1-10(2)12-11(9-20(4)18-12)8-19(3)13(21)15(16,17)14(22)6-5-7-14/h9-10,22H,5-8H2,1-4H3. The van der Waals surface area contributed by atoms with Crippen molar-refractivity contribution in [1.82, 2.24) is 14.7 Å². The van der Waals surface area contributed by atoms with E-state index in [0.717, 1.165) is 16.2 Å². The first-order chi connectivity index (χ1) is 10.1. The van der Waals surface area contributed by atoms with Crippen molar-refractivity contribution in [2.75, 3.05) is 7.05 Å². The van der Waals surface area contributed by atoms with Crippen LogP contribution in [0.15, 0.2) is 6.20 Å². The molecule has 1 aliphatic rings. The second-order valence-corrected chi connectivity index (χ2v) is 6.49. The molecule has 1 fully saturated rings. The molecule has 0 aromatic carbocycles. The molecule has 0 saturated heterocycles. The summed E-state index contributed by atoms with van der Waals surface area (Å²) in [6.45, 7) is 3.96. The highest BCUT2D eigenvalue weighted by Crippen LogP contribution is 2.45. The van der Waals surface area contributed by atoms with Crippen LogP contribution < -0.4 is 0 Å². The quantitative estimate of drug-likeness (QED) is 0.905. The lowest BCUT2D eigenvalue weighted by molar-refractivity contribution is -0.223. The van der Waals surface area contributed by atoms with Gasteiger partial charge in [0.1, 0.15) is 5.60 Å². The Morgan fingerprint density at radius 2 is 2.14 bits per heavy atom. The van der Waals surface area contributed by atoms with Crippen LogP contribution in [0.4, 0.5) is 8.78 Å². The zero-order valence-electron chi connectivity index (χ0n) is 13.4. The van der Waals surface area contributed by atoms with Crippen LogP contribution in [0.2, 0.25) is 0 Å². The van der Waals surface area contributed by atoms with Crippen molar-refractivity contribution >= 4 is 5.91 Å². The third-order valence-corrected chi connectivity index (χ3v) is 4.27. The Morgan fingerprint density at radius 1 is 1.55 bits per heavy atom. The van der Waals surface area contributed by atoms with Crippen LogP contribution >= 0.6 is 0 Å². The summed E-state index contributed by atoms with van der Waals surface area (Å²) in [6.07, 6.45) is 2.17. The number of amides is 1. The highest BCUT2D eigenvalue weighted by Gasteiger charge is 2.61. The maximum Gasteiger partial charge on any atom is 0.352 e. The number of aryl methyl sites for hydroxylation is 1. The molecule has 1 heterocycles. The Kier molecular flexibility index (Phi) is 4.30. The predicted molar refractivity (Wildman–Crippen MR) is 77.5 cm³/mol. The molecule has 2 rings (SSSR count). The largest absolute Gasteiger partial charge is 0.383 e. The topological polar surface area (TPSA) is 58.4 Å². The van der Waals surface area contributed by atoms with Crippen LogP contribution in [0.25, 0.3) is 0 Å². The fraction of sp³-hybridized carbons (Fsp3) is 0.733. The van der Waals surface area contributed by atoms with Gasteiger partial charge in [-0.3, -0.25) is 9.48 Å². The fourth-order valence-electron chi connectivity index (χ4n) is 2.75. The molecule has 1 aromatic rings. The predicted octanol–water partition coefficient (Wildman–Crippen LogP) is 2.05. The number of carbonyl (C=O) groups excluding carboxylic acids is 1. The minimum Gasteiger partial charge on any atom is -0.383 e. The summed E-state index contributed by atoms with van der Waals surface area (Å²) in [5, 5.41) is 14.2. The van der Waals surface area contributed by atoms with Gasteiger partial charge in [-0.1, -0.05) is 13.8 Å². The average Bonchev–Trinajstić information content (AvgIpc) is 2.75. The highest BCUT2D eigenvalue weighted by atomic mass is 19.3. The van der Waals surface area contributed by atoms with E-state index in [9.17, 15) is 18.7 Å². The van der Waals surface area contributed by atoms with E-state index >= 15 is 0 Å². The lowest BCUT2D eigenvalue weighted by atomic mass is 9.75. The van der Waals surface area contributed by atoms with Gasteiger partial charge in [0.15, 0.2) is 0 Å². The van der Waals surface area contributed by atoms with Crippen molar-refractivity contribution in [1.29, 1.82) is 0 Å². The van der Waals surface area contributed by atoms with Gasteiger partial charge in [-0.15, -0.1) is 0 Å². The minimum atomic E-state index is -3.75. The van der Waals surface area contributed by atoms with Gasteiger partial charge in [-0.05, 0) is 25.2 Å². The summed E-state index contributed by atoms with van der Waals surface area (Å²) < 4.78 is 30.0. The molecule has 0 aliphatic heterocycles. The Morgan fingerprint density at radius 3 is 2.59 bits per heavy atom. The number of rotatable bonds is 5. The van der Waals surface area contributed by atoms with Crippen LogP contribution in [0, 0.1) is 0 Å². The van der Waals surface area contributed by atoms with Gasteiger partial charge in [-0.2, -0.15) is 13.9 Å². The first-order valence-corrected chi connectivity index (χ1v) is 7.46. The second kappa shape index (κ2) is 5.61. The van der Waals surface area contributed by atoms with Crippen molar-refractivity contribution in [2.45, 2.75) is 57.1 Å². The molecule has 5 nitrogen and oxygen atoms in total. The number of hydrogen-bond acceptors (Lipinski definition) is 3. The number of aliphatic hydroxyl groups is 1. The molecule has 1 N–H and O–H groups in total. The first-order valence-electron chi connectivity index (χ1n) is 7.46. The second-order valence-electron chi connectivity index (χ2n) is 6.49. The van der Waals surface area contributed by atoms with Gasteiger partial charge in [-0.25, -0.2) is 0 Å². The summed E-state index contributed by atoms with van der Waals surface area (Å²) >= 11 is 0. The number of halogens is 2. The van der Waals surface area contributed by atoms with Gasteiger partial charge in [0.2, 0.25) is 0 Å². The number of alkyl halides is 2. The van der Waals surface area contributed by atoms with Gasteiger partial charge in [0.05, 0.1) is 5.69 Å². The Hall–Kier alpha value is -1.50. The molecule has 0 unspecified atom stereocenters. The SMILES string of the molecule is CC(C)c1nn(C)cc1CN(C)C(=O)C(F)(F)C1(O)CCC1. The third-order valence-electron chi connectivity index (χ3n) is 4.27. The molecule has 1 amide bonds. The normalized spacial score (nSPS) is 17.5. The van der Waals surface area contributed by atoms with Crippen LogP contribution in [-0.2, 0) is 18.4 Å².